The molecule has 3 rings (SSSR count). The Bertz CT molecular complexity index is 780. The van der Waals surface area contributed by atoms with Crippen molar-refractivity contribution in [1.82, 2.24) is 9.97 Å². The topological polar surface area (TPSA) is 90.6 Å². The van der Waals surface area contributed by atoms with Gasteiger partial charge in [0, 0.05) is 16.3 Å². The van der Waals surface area contributed by atoms with Gasteiger partial charge in [-0.3, -0.25) is 5.41 Å². The molecule has 0 unspecified atom stereocenters. The van der Waals surface area contributed by atoms with Crippen molar-refractivity contribution >= 4 is 52.5 Å². The molecule has 7 heteroatoms. The molecule has 2 aromatic carbocycles. The number of benzene rings is 2. The number of aromatic nitrogens is 2. The number of H-pyrrole nitrogens is 1. The molecule has 5 N–H and O–H groups in total. The van der Waals surface area contributed by atoms with Crippen LogP contribution in [0.4, 0.5) is 11.6 Å². The first-order valence-electron chi connectivity index (χ1n) is 5.98. The van der Waals surface area contributed by atoms with E-state index in [9.17, 15) is 0 Å². The summed E-state index contributed by atoms with van der Waals surface area (Å²) in [6.07, 6.45) is 0. The zero-order valence-electron chi connectivity index (χ0n) is 10.9. The van der Waals surface area contributed by atoms with E-state index in [0.717, 1.165) is 16.7 Å². The summed E-state index contributed by atoms with van der Waals surface area (Å²) >= 11 is 5.84. The molecule has 108 valence electrons. The predicted molar refractivity (Wildman–Crippen MR) is 89.1 cm³/mol. The number of nitrogens with zero attached hydrogens (tertiary/aromatic N) is 1. The highest BCUT2D eigenvalue weighted by atomic mass is 35.5. The summed E-state index contributed by atoms with van der Waals surface area (Å²) < 4.78 is 0. The molecule has 0 saturated heterocycles. The summed E-state index contributed by atoms with van der Waals surface area (Å²) in [5.41, 5.74) is 8.66. The molecule has 0 aliphatic rings. The summed E-state index contributed by atoms with van der Waals surface area (Å²) in [5.74, 6) is 0.664. The molecular formula is C14H13Cl2N5. The first-order chi connectivity index (χ1) is 9.61. The van der Waals surface area contributed by atoms with Crippen molar-refractivity contribution in [3.63, 3.8) is 0 Å². The van der Waals surface area contributed by atoms with Gasteiger partial charge in [-0.15, -0.1) is 12.4 Å². The van der Waals surface area contributed by atoms with Gasteiger partial charge in [0.15, 0.2) is 0 Å². The van der Waals surface area contributed by atoms with E-state index in [1.54, 1.807) is 24.3 Å². The Kier molecular flexibility index (Phi) is 4.35. The number of aromatic amines is 1. The van der Waals surface area contributed by atoms with Crippen molar-refractivity contribution in [3.8, 4) is 0 Å². The Morgan fingerprint density at radius 1 is 1.19 bits per heavy atom. The number of amidine groups is 1. The normalized spacial score (nSPS) is 10.1. The number of fused-ring (bicyclic) bond motifs is 1. The average Bonchev–Trinajstić information content (AvgIpc) is 2.82. The number of anilines is 2. The third-order valence-electron chi connectivity index (χ3n) is 2.90. The van der Waals surface area contributed by atoms with Crippen LogP contribution in [0, 0.1) is 5.41 Å². The SMILES string of the molecule is Cl.N=C(N)c1ccc2nc(Nc3ccc(Cl)cc3)[nH]c2c1. The van der Waals surface area contributed by atoms with Crippen LogP contribution in [0.3, 0.4) is 0 Å². The molecule has 0 atom stereocenters. The minimum absolute atomic E-state index is 0. The Hall–Kier alpha value is -2.24. The van der Waals surface area contributed by atoms with Gasteiger partial charge in [0.2, 0.25) is 5.95 Å². The third kappa shape index (κ3) is 3.26. The molecule has 21 heavy (non-hydrogen) atoms. The van der Waals surface area contributed by atoms with Crippen LogP contribution in [-0.2, 0) is 0 Å². The van der Waals surface area contributed by atoms with Gasteiger partial charge in [-0.05, 0) is 42.5 Å². The summed E-state index contributed by atoms with van der Waals surface area (Å²) in [4.78, 5) is 7.57. The van der Waals surface area contributed by atoms with E-state index in [1.807, 2.05) is 18.2 Å². The van der Waals surface area contributed by atoms with E-state index in [2.05, 4.69) is 15.3 Å². The standard InChI is InChI=1S/C14H12ClN5.ClH/c15-9-2-4-10(5-3-9)18-14-19-11-6-1-8(13(16)17)7-12(11)20-14;/h1-7H,(H3,16,17)(H2,18,19,20);1H. The molecular weight excluding hydrogens is 309 g/mol. The third-order valence-corrected chi connectivity index (χ3v) is 3.15. The Balaban J connectivity index is 0.00000161. The summed E-state index contributed by atoms with van der Waals surface area (Å²) in [7, 11) is 0. The smallest absolute Gasteiger partial charge is 0.205 e. The minimum Gasteiger partial charge on any atom is -0.384 e. The summed E-state index contributed by atoms with van der Waals surface area (Å²) in [6.45, 7) is 0. The first kappa shape index (κ1) is 15.2. The zero-order chi connectivity index (χ0) is 14.1. The number of nitrogen functional groups attached to an aromatic ring is 1. The van der Waals surface area contributed by atoms with E-state index < -0.39 is 0 Å². The molecule has 3 aromatic rings. The average molecular weight is 322 g/mol. The number of rotatable bonds is 3. The molecule has 0 bridgehead atoms. The molecule has 1 aromatic heterocycles. The van der Waals surface area contributed by atoms with Crippen LogP contribution in [0.25, 0.3) is 11.0 Å². The van der Waals surface area contributed by atoms with Gasteiger partial charge in [0.1, 0.15) is 5.84 Å². The van der Waals surface area contributed by atoms with Crippen molar-refractivity contribution < 1.29 is 0 Å². The van der Waals surface area contributed by atoms with E-state index in [1.165, 1.54) is 0 Å². The maximum absolute atomic E-state index is 7.43. The highest BCUT2D eigenvalue weighted by Crippen LogP contribution is 2.20. The van der Waals surface area contributed by atoms with Crippen molar-refractivity contribution in [2.24, 2.45) is 5.73 Å². The largest absolute Gasteiger partial charge is 0.384 e. The lowest BCUT2D eigenvalue weighted by Crippen LogP contribution is -2.10. The number of hydrogen-bond donors (Lipinski definition) is 4. The number of hydrogen-bond acceptors (Lipinski definition) is 3. The highest BCUT2D eigenvalue weighted by Gasteiger charge is 2.05. The molecule has 0 fully saturated rings. The zero-order valence-corrected chi connectivity index (χ0v) is 12.4. The fourth-order valence-electron chi connectivity index (χ4n) is 1.91. The van der Waals surface area contributed by atoms with Gasteiger partial charge >= 0.3 is 0 Å². The van der Waals surface area contributed by atoms with E-state index >= 15 is 0 Å². The van der Waals surface area contributed by atoms with Gasteiger partial charge in [-0.2, -0.15) is 0 Å². The molecule has 0 radical (unpaired) electrons. The lowest BCUT2D eigenvalue weighted by atomic mass is 10.2. The second-order valence-corrected chi connectivity index (χ2v) is 4.80. The van der Waals surface area contributed by atoms with Crippen molar-refractivity contribution in [2.45, 2.75) is 0 Å². The van der Waals surface area contributed by atoms with Crippen LogP contribution in [0.2, 0.25) is 5.02 Å². The van der Waals surface area contributed by atoms with Gasteiger partial charge in [0.05, 0.1) is 11.0 Å². The van der Waals surface area contributed by atoms with Crippen molar-refractivity contribution in [3.05, 3.63) is 53.1 Å². The second-order valence-electron chi connectivity index (χ2n) is 4.36. The van der Waals surface area contributed by atoms with Crippen LogP contribution in [-0.4, -0.2) is 15.8 Å². The molecule has 0 spiro atoms. The molecule has 0 saturated carbocycles. The molecule has 5 nitrogen and oxygen atoms in total. The minimum atomic E-state index is 0. The summed E-state index contributed by atoms with van der Waals surface area (Å²) in [6, 6.07) is 12.8. The predicted octanol–water partition coefficient (Wildman–Crippen LogP) is 3.67. The lowest BCUT2D eigenvalue weighted by molar-refractivity contribution is 1.31. The van der Waals surface area contributed by atoms with Crippen LogP contribution in [0.1, 0.15) is 5.56 Å². The maximum Gasteiger partial charge on any atom is 0.205 e. The highest BCUT2D eigenvalue weighted by molar-refractivity contribution is 6.30. The van der Waals surface area contributed by atoms with Crippen molar-refractivity contribution in [2.75, 3.05) is 5.32 Å². The monoisotopic (exact) mass is 321 g/mol. The summed E-state index contributed by atoms with van der Waals surface area (Å²) in [5, 5.41) is 11.3. The van der Waals surface area contributed by atoms with Gasteiger partial charge < -0.3 is 16.0 Å². The Morgan fingerprint density at radius 3 is 2.57 bits per heavy atom. The van der Waals surface area contributed by atoms with E-state index in [-0.39, 0.29) is 18.2 Å². The van der Waals surface area contributed by atoms with Crippen LogP contribution < -0.4 is 11.1 Å². The molecule has 0 amide bonds. The molecule has 0 aliphatic heterocycles. The second kappa shape index (κ2) is 6.03. The Labute approximate surface area is 132 Å². The number of imidazole rings is 1. The van der Waals surface area contributed by atoms with Gasteiger partial charge in [-0.1, -0.05) is 11.6 Å². The van der Waals surface area contributed by atoms with E-state index in [0.29, 0.717) is 16.5 Å². The fourth-order valence-corrected chi connectivity index (χ4v) is 2.03. The quantitative estimate of drug-likeness (QED) is 0.438. The molecule has 0 aliphatic carbocycles. The lowest BCUT2D eigenvalue weighted by Gasteiger charge is -2.01. The van der Waals surface area contributed by atoms with Crippen LogP contribution in [0.5, 0.6) is 0 Å². The van der Waals surface area contributed by atoms with Crippen LogP contribution in [0.15, 0.2) is 42.5 Å². The van der Waals surface area contributed by atoms with Crippen molar-refractivity contribution in [1.29, 1.82) is 5.41 Å². The number of nitrogens with two attached hydrogens (primary N) is 1. The van der Waals surface area contributed by atoms with Crippen LogP contribution >= 0.6 is 24.0 Å². The Morgan fingerprint density at radius 2 is 1.90 bits per heavy atom. The number of halogens is 2. The first-order valence-corrected chi connectivity index (χ1v) is 6.36. The van der Waals surface area contributed by atoms with Gasteiger partial charge in [0.25, 0.3) is 0 Å². The maximum atomic E-state index is 7.43. The van der Waals surface area contributed by atoms with Gasteiger partial charge in [-0.25, -0.2) is 4.98 Å². The van der Waals surface area contributed by atoms with E-state index in [4.69, 9.17) is 22.7 Å². The number of nitrogens with one attached hydrogen (secondary N) is 3. The fraction of sp³-hybridized carbons (Fsp3) is 0. The molecule has 1 heterocycles.